The fourth-order valence-electron chi connectivity index (χ4n) is 2.92. The number of aliphatic hydroxyl groups is 1. The van der Waals surface area contributed by atoms with Gasteiger partial charge in [0, 0.05) is 19.0 Å². The number of nitrogens with zero attached hydrogens (tertiary/aromatic N) is 2. The highest BCUT2D eigenvalue weighted by atomic mass is 16.3. The number of hydrogen-bond acceptors (Lipinski definition) is 3. The first-order chi connectivity index (χ1) is 7.05. The summed E-state index contributed by atoms with van der Waals surface area (Å²) in [5.74, 6) is 0.167. The molecule has 0 radical (unpaired) electrons. The van der Waals surface area contributed by atoms with E-state index in [0.717, 1.165) is 12.8 Å². The molecule has 15 heavy (non-hydrogen) atoms. The molecule has 1 saturated heterocycles. The highest BCUT2D eigenvalue weighted by Crippen LogP contribution is 2.42. The van der Waals surface area contributed by atoms with Gasteiger partial charge in [-0.05, 0) is 19.8 Å². The Morgan fingerprint density at radius 1 is 1.47 bits per heavy atom. The minimum absolute atomic E-state index is 0.0754. The SMILES string of the molecule is CC(O)CN1C(=O)CC2(CCCC2)N1C. The largest absolute Gasteiger partial charge is 0.392 e. The van der Waals surface area contributed by atoms with E-state index in [1.54, 1.807) is 11.9 Å². The lowest BCUT2D eigenvalue weighted by atomic mass is 9.94. The van der Waals surface area contributed by atoms with Gasteiger partial charge in [0.05, 0.1) is 12.6 Å². The van der Waals surface area contributed by atoms with Crippen LogP contribution in [0.25, 0.3) is 0 Å². The van der Waals surface area contributed by atoms with Gasteiger partial charge in [-0.3, -0.25) is 9.80 Å². The molecule has 1 saturated carbocycles. The standard InChI is InChI=1S/C11H20N2O2/c1-9(14)8-13-10(15)7-11(12(13)2)5-3-4-6-11/h9,14H,3-8H2,1-2H3. The molecule has 1 aliphatic carbocycles. The molecular formula is C11H20N2O2. The summed E-state index contributed by atoms with van der Waals surface area (Å²) in [5.41, 5.74) is 0.0754. The van der Waals surface area contributed by atoms with Gasteiger partial charge >= 0.3 is 0 Å². The number of carbonyl (C=O) groups excluding carboxylic acids is 1. The molecule has 1 spiro atoms. The lowest BCUT2D eigenvalue weighted by Crippen LogP contribution is -2.48. The number of carbonyl (C=O) groups is 1. The van der Waals surface area contributed by atoms with E-state index in [1.165, 1.54) is 12.8 Å². The first-order valence-electron chi connectivity index (χ1n) is 5.77. The molecule has 0 aromatic carbocycles. The topological polar surface area (TPSA) is 43.8 Å². The number of hydrazine groups is 1. The molecule has 1 N–H and O–H groups in total. The Bertz CT molecular complexity index is 259. The van der Waals surface area contributed by atoms with Crippen LogP contribution >= 0.6 is 0 Å². The molecule has 0 aromatic heterocycles. The minimum Gasteiger partial charge on any atom is -0.392 e. The van der Waals surface area contributed by atoms with E-state index < -0.39 is 6.10 Å². The van der Waals surface area contributed by atoms with Crippen LogP contribution in [0.15, 0.2) is 0 Å². The fourth-order valence-corrected chi connectivity index (χ4v) is 2.92. The molecule has 1 heterocycles. The Balaban J connectivity index is 2.11. The molecule has 1 unspecified atom stereocenters. The summed E-state index contributed by atoms with van der Waals surface area (Å²) in [4.78, 5) is 11.9. The van der Waals surface area contributed by atoms with Crippen LogP contribution in [0.2, 0.25) is 0 Å². The van der Waals surface area contributed by atoms with Gasteiger partial charge in [-0.2, -0.15) is 0 Å². The number of amides is 1. The van der Waals surface area contributed by atoms with E-state index >= 15 is 0 Å². The summed E-state index contributed by atoms with van der Waals surface area (Å²) in [6.07, 6.45) is 4.86. The third-order valence-corrected chi connectivity index (χ3v) is 3.79. The van der Waals surface area contributed by atoms with Crippen LogP contribution in [0.3, 0.4) is 0 Å². The summed E-state index contributed by atoms with van der Waals surface area (Å²) in [6, 6.07) is 0. The van der Waals surface area contributed by atoms with Crippen molar-refractivity contribution >= 4 is 5.91 Å². The second-order valence-corrected chi connectivity index (χ2v) is 4.96. The normalized spacial score (nSPS) is 27.9. The monoisotopic (exact) mass is 212 g/mol. The third-order valence-electron chi connectivity index (χ3n) is 3.79. The molecule has 2 fully saturated rings. The summed E-state index contributed by atoms with van der Waals surface area (Å²) in [7, 11) is 1.98. The van der Waals surface area contributed by atoms with E-state index in [-0.39, 0.29) is 11.4 Å². The molecule has 0 bridgehead atoms. The maximum Gasteiger partial charge on any atom is 0.238 e. The highest BCUT2D eigenvalue weighted by Gasteiger charge is 2.49. The molecule has 4 nitrogen and oxygen atoms in total. The van der Waals surface area contributed by atoms with Crippen LogP contribution in [0.1, 0.15) is 39.0 Å². The molecule has 2 aliphatic rings. The van der Waals surface area contributed by atoms with Crippen LogP contribution < -0.4 is 0 Å². The molecule has 2 rings (SSSR count). The maximum absolute atomic E-state index is 11.9. The molecule has 1 aliphatic heterocycles. The fraction of sp³-hybridized carbons (Fsp3) is 0.909. The van der Waals surface area contributed by atoms with Gasteiger partial charge in [0.25, 0.3) is 0 Å². The summed E-state index contributed by atoms with van der Waals surface area (Å²) in [5, 5.41) is 13.2. The third kappa shape index (κ3) is 1.76. The van der Waals surface area contributed by atoms with Crippen LogP contribution in [0.4, 0.5) is 0 Å². The molecular weight excluding hydrogens is 192 g/mol. The van der Waals surface area contributed by atoms with Gasteiger partial charge in [0.15, 0.2) is 0 Å². The molecule has 4 heteroatoms. The zero-order chi connectivity index (χ0) is 11.1. The van der Waals surface area contributed by atoms with Crippen molar-refractivity contribution in [2.24, 2.45) is 0 Å². The maximum atomic E-state index is 11.9. The lowest BCUT2D eigenvalue weighted by molar-refractivity contribution is -0.141. The van der Waals surface area contributed by atoms with Crippen molar-refractivity contribution in [1.82, 2.24) is 10.0 Å². The Hall–Kier alpha value is -0.610. The average Bonchev–Trinajstić information content (AvgIpc) is 2.69. The Morgan fingerprint density at radius 3 is 2.60 bits per heavy atom. The Morgan fingerprint density at radius 2 is 2.07 bits per heavy atom. The first kappa shape index (κ1) is 10.9. The van der Waals surface area contributed by atoms with Crippen molar-refractivity contribution in [3.63, 3.8) is 0 Å². The molecule has 86 valence electrons. The van der Waals surface area contributed by atoms with E-state index in [2.05, 4.69) is 5.01 Å². The van der Waals surface area contributed by atoms with Gasteiger partial charge < -0.3 is 5.11 Å². The Kier molecular flexibility index (Phi) is 2.73. The molecule has 1 amide bonds. The second-order valence-electron chi connectivity index (χ2n) is 4.96. The van der Waals surface area contributed by atoms with Crippen molar-refractivity contribution in [3.8, 4) is 0 Å². The lowest BCUT2D eigenvalue weighted by Gasteiger charge is -2.35. The van der Waals surface area contributed by atoms with Gasteiger partial charge in [0.2, 0.25) is 5.91 Å². The van der Waals surface area contributed by atoms with Gasteiger partial charge in [0.1, 0.15) is 0 Å². The highest BCUT2D eigenvalue weighted by molar-refractivity contribution is 5.79. The van der Waals surface area contributed by atoms with Gasteiger partial charge in [-0.1, -0.05) is 12.8 Å². The molecule has 0 aromatic rings. The van der Waals surface area contributed by atoms with Crippen molar-refractivity contribution in [1.29, 1.82) is 0 Å². The van der Waals surface area contributed by atoms with E-state index in [9.17, 15) is 9.90 Å². The van der Waals surface area contributed by atoms with Crippen molar-refractivity contribution in [2.75, 3.05) is 13.6 Å². The van der Waals surface area contributed by atoms with Gasteiger partial charge in [-0.25, -0.2) is 5.01 Å². The van der Waals surface area contributed by atoms with Crippen LogP contribution in [0.5, 0.6) is 0 Å². The Labute approximate surface area is 90.8 Å². The van der Waals surface area contributed by atoms with Crippen molar-refractivity contribution < 1.29 is 9.90 Å². The first-order valence-corrected chi connectivity index (χ1v) is 5.77. The van der Waals surface area contributed by atoms with Crippen LogP contribution in [-0.4, -0.2) is 46.3 Å². The van der Waals surface area contributed by atoms with Crippen LogP contribution in [-0.2, 0) is 4.79 Å². The smallest absolute Gasteiger partial charge is 0.238 e. The van der Waals surface area contributed by atoms with Crippen molar-refractivity contribution in [2.45, 2.75) is 50.7 Å². The van der Waals surface area contributed by atoms with Gasteiger partial charge in [-0.15, -0.1) is 0 Å². The average molecular weight is 212 g/mol. The number of rotatable bonds is 2. The quantitative estimate of drug-likeness (QED) is 0.735. The predicted molar refractivity (Wildman–Crippen MR) is 57.0 cm³/mol. The minimum atomic E-state index is -0.451. The zero-order valence-corrected chi connectivity index (χ0v) is 9.57. The van der Waals surface area contributed by atoms with Crippen LogP contribution in [0, 0.1) is 0 Å². The number of β-amino-alcohol motifs (C(OH)–C–C–N with tert-alkyl or cyclic N) is 1. The number of hydrogen-bond donors (Lipinski definition) is 1. The molecule has 1 atom stereocenters. The van der Waals surface area contributed by atoms with Crippen molar-refractivity contribution in [3.05, 3.63) is 0 Å². The summed E-state index contributed by atoms with van der Waals surface area (Å²) < 4.78 is 0. The summed E-state index contributed by atoms with van der Waals surface area (Å²) in [6.45, 7) is 2.15. The number of aliphatic hydroxyl groups excluding tert-OH is 1. The zero-order valence-electron chi connectivity index (χ0n) is 9.57. The predicted octanol–water partition coefficient (Wildman–Crippen LogP) is 0.759. The van der Waals surface area contributed by atoms with E-state index in [1.807, 2.05) is 7.05 Å². The second kappa shape index (κ2) is 3.76. The van der Waals surface area contributed by atoms with E-state index in [4.69, 9.17) is 0 Å². The van der Waals surface area contributed by atoms with E-state index in [0.29, 0.717) is 13.0 Å². The summed E-state index contributed by atoms with van der Waals surface area (Å²) >= 11 is 0.